The van der Waals surface area contributed by atoms with Crippen molar-refractivity contribution in [2.24, 2.45) is 5.92 Å². The lowest BCUT2D eigenvalue weighted by atomic mass is 10.0. The Bertz CT molecular complexity index is 508. The van der Waals surface area contributed by atoms with E-state index in [-0.39, 0.29) is 23.8 Å². The summed E-state index contributed by atoms with van der Waals surface area (Å²) in [5, 5.41) is 3.04. The van der Waals surface area contributed by atoms with Gasteiger partial charge in [-0.05, 0) is 25.0 Å². The van der Waals surface area contributed by atoms with Gasteiger partial charge in [0.25, 0.3) is 0 Å². The summed E-state index contributed by atoms with van der Waals surface area (Å²) >= 11 is 0. The maximum Gasteiger partial charge on any atom is 0.225 e. The van der Waals surface area contributed by atoms with Gasteiger partial charge in [0, 0.05) is 25.0 Å². The number of rotatable bonds is 6. The van der Waals surface area contributed by atoms with Crippen molar-refractivity contribution in [2.45, 2.75) is 39.2 Å². The van der Waals surface area contributed by atoms with Crippen LogP contribution >= 0.6 is 0 Å². The number of hydrogen-bond acceptors (Lipinski definition) is 3. The minimum absolute atomic E-state index is 0.00886. The van der Waals surface area contributed by atoms with Gasteiger partial charge in [-0.25, -0.2) is 0 Å². The van der Waals surface area contributed by atoms with Crippen molar-refractivity contribution in [2.75, 3.05) is 19.7 Å². The zero-order chi connectivity index (χ0) is 16.7. The zero-order valence-electron chi connectivity index (χ0n) is 14.0. The number of nitrogens with zero attached hydrogens (tertiary/aromatic N) is 1. The van der Waals surface area contributed by atoms with Crippen molar-refractivity contribution in [3.8, 4) is 5.75 Å². The molecule has 5 nitrogen and oxygen atoms in total. The number of amides is 2. The lowest BCUT2D eigenvalue weighted by Crippen LogP contribution is -2.47. The quantitative estimate of drug-likeness (QED) is 0.875. The Labute approximate surface area is 138 Å². The lowest BCUT2D eigenvalue weighted by molar-refractivity contribution is -0.135. The third-order valence-corrected chi connectivity index (χ3v) is 4.01. The number of benzene rings is 1. The molecule has 23 heavy (non-hydrogen) atoms. The number of piperidine rings is 1. The number of likely N-dealkylation sites (tertiary alicyclic amines) is 1. The highest BCUT2D eigenvalue weighted by molar-refractivity contribution is 5.78. The first-order chi connectivity index (χ1) is 11.1. The van der Waals surface area contributed by atoms with Crippen LogP contribution in [0.15, 0.2) is 30.3 Å². The van der Waals surface area contributed by atoms with Gasteiger partial charge in [-0.15, -0.1) is 0 Å². The first kappa shape index (κ1) is 17.3. The normalized spacial score (nSPS) is 15.5. The van der Waals surface area contributed by atoms with Crippen LogP contribution < -0.4 is 10.1 Å². The average molecular weight is 318 g/mol. The first-order valence-electron chi connectivity index (χ1n) is 8.32. The van der Waals surface area contributed by atoms with Crippen LogP contribution in [0.2, 0.25) is 0 Å². The Hall–Kier alpha value is -2.04. The maximum absolute atomic E-state index is 12.0. The summed E-state index contributed by atoms with van der Waals surface area (Å²) in [6, 6.07) is 9.65. The van der Waals surface area contributed by atoms with Gasteiger partial charge in [-0.2, -0.15) is 0 Å². The van der Waals surface area contributed by atoms with E-state index in [1.165, 1.54) is 0 Å². The van der Waals surface area contributed by atoms with Gasteiger partial charge in [0.05, 0.1) is 13.0 Å². The van der Waals surface area contributed by atoms with Crippen LogP contribution in [0.5, 0.6) is 5.75 Å². The number of hydrogen-bond donors (Lipinski definition) is 1. The third kappa shape index (κ3) is 5.58. The molecule has 0 bridgehead atoms. The number of nitrogens with one attached hydrogen (secondary N) is 1. The lowest BCUT2D eigenvalue weighted by Gasteiger charge is -2.33. The molecule has 1 aliphatic rings. The smallest absolute Gasteiger partial charge is 0.225 e. The standard InChI is InChI=1S/C18H26N2O3/c1-14(2)18(22)20-11-8-15(9-12-20)19-17(21)10-13-23-16-6-4-3-5-7-16/h3-7,14-15H,8-13H2,1-2H3,(H,19,21). The summed E-state index contributed by atoms with van der Waals surface area (Å²) in [5.41, 5.74) is 0. The van der Waals surface area contributed by atoms with Crippen LogP contribution in [0.4, 0.5) is 0 Å². The van der Waals surface area contributed by atoms with Crippen molar-refractivity contribution in [3.05, 3.63) is 30.3 Å². The van der Waals surface area contributed by atoms with Gasteiger partial charge in [-0.3, -0.25) is 9.59 Å². The van der Waals surface area contributed by atoms with Crippen LogP contribution in [-0.2, 0) is 9.59 Å². The zero-order valence-corrected chi connectivity index (χ0v) is 14.0. The highest BCUT2D eigenvalue weighted by atomic mass is 16.5. The van der Waals surface area contributed by atoms with Gasteiger partial charge < -0.3 is 15.0 Å². The molecule has 0 saturated carbocycles. The molecule has 1 saturated heterocycles. The van der Waals surface area contributed by atoms with Crippen molar-refractivity contribution < 1.29 is 14.3 Å². The van der Waals surface area contributed by atoms with Gasteiger partial charge >= 0.3 is 0 Å². The van der Waals surface area contributed by atoms with Gasteiger partial charge in [-0.1, -0.05) is 32.0 Å². The number of para-hydroxylation sites is 1. The summed E-state index contributed by atoms with van der Waals surface area (Å²) in [6.45, 7) is 5.66. The largest absolute Gasteiger partial charge is 0.493 e. The number of carbonyl (C=O) groups is 2. The SMILES string of the molecule is CC(C)C(=O)N1CCC(NC(=O)CCOc2ccccc2)CC1. The fraction of sp³-hybridized carbons (Fsp3) is 0.556. The van der Waals surface area contributed by atoms with Crippen molar-refractivity contribution in [3.63, 3.8) is 0 Å². The van der Waals surface area contributed by atoms with Crippen molar-refractivity contribution >= 4 is 11.8 Å². The fourth-order valence-electron chi connectivity index (χ4n) is 2.69. The minimum Gasteiger partial charge on any atom is -0.493 e. The summed E-state index contributed by atoms with van der Waals surface area (Å²) in [5.74, 6) is 1.03. The van der Waals surface area contributed by atoms with Gasteiger partial charge in [0.1, 0.15) is 5.75 Å². The van der Waals surface area contributed by atoms with Crippen LogP contribution in [0, 0.1) is 5.92 Å². The highest BCUT2D eigenvalue weighted by Crippen LogP contribution is 2.13. The van der Waals surface area contributed by atoms with Gasteiger partial charge in [0.2, 0.25) is 11.8 Å². The summed E-state index contributed by atoms with van der Waals surface area (Å²) in [6.07, 6.45) is 1.99. The molecular weight excluding hydrogens is 292 g/mol. The molecular formula is C18H26N2O3. The maximum atomic E-state index is 12.0. The molecule has 1 heterocycles. The molecule has 2 rings (SSSR count). The van der Waals surface area contributed by atoms with E-state index in [1.54, 1.807) is 0 Å². The van der Waals surface area contributed by atoms with E-state index < -0.39 is 0 Å². The van der Waals surface area contributed by atoms with E-state index in [2.05, 4.69) is 5.32 Å². The molecule has 1 aromatic rings. The van der Waals surface area contributed by atoms with E-state index in [0.29, 0.717) is 13.0 Å². The molecule has 1 aliphatic heterocycles. The molecule has 0 aliphatic carbocycles. The molecule has 0 radical (unpaired) electrons. The van der Waals surface area contributed by atoms with Crippen molar-refractivity contribution in [1.82, 2.24) is 10.2 Å². The molecule has 0 unspecified atom stereocenters. The van der Waals surface area contributed by atoms with Gasteiger partial charge in [0.15, 0.2) is 0 Å². The van der Waals surface area contributed by atoms with Crippen molar-refractivity contribution in [1.29, 1.82) is 0 Å². The van der Waals surface area contributed by atoms with E-state index in [4.69, 9.17) is 4.74 Å². The molecule has 0 spiro atoms. The molecule has 1 aromatic carbocycles. The summed E-state index contributed by atoms with van der Waals surface area (Å²) in [7, 11) is 0. The predicted molar refractivity (Wildman–Crippen MR) is 89.1 cm³/mol. The first-order valence-corrected chi connectivity index (χ1v) is 8.32. The Morgan fingerprint density at radius 3 is 2.48 bits per heavy atom. The second kappa shape index (κ2) is 8.56. The average Bonchev–Trinajstić information content (AvgIpc) is 2.56. The molecule has 0 aromatic heterocycles. The van der Waals surface area contributed by atoms with E-state index in [0.717, 1.165) is 31.7 Å². The van der Waals surface area contributed by atoms with Crippen LogP contribution in [0.3, 0.4) is 0 Å². The number of carbonyl (C=O) groups excluding carboxylic acids is 2. The molecule has 2 amide bonds. The van der Waals surface area contributed by atoms with Crippen LogP contribution in [-0.4, -0.2) is 42.5 Å². The summed E-state index contributed by atoms with van der Waals surface area (Å²) < 4.78 is 5.53. The Kier molecular flexibility index (Phi) is 6.44. The molecule has 1 fully saturated rings. The number of ether oxygens (including phenoxy) is 1. The summed E-state index contributed by atoms with van der Waals surface area (Å²) in [4.78, 5) is 25.8. The second-order valence-corrected chi connectivity index (χ2v) is 6.23. The predicted octanol–water partition coefficient (Wildman–Crippen LogP) is 2.22. The van der Waals surface area contributed by atoms with Crippen LogP contribution in [0.25, 0.3) is 0 Å². The van der Waals surface area contributed by atoms with E-state index in [1.807, 2.05) is 49.1 Å². The van der Waals surface area contributed by atoms with Crippen LogP contribution in [0.1, 0.15) is 33.1 Å². The highest BCUT2D eigenvalue weighted by Gasteiger charge is 2.24. The topological polar surface area (TPSA) is 58.6 Å². The Morgan fingerprint density at radius 1 is 1.22 bits per heavy atom. The molecule has 5 heteroatoms. The minimum atomic E-state index is 0.00886. The molecule has 0 atom stereocenters. The second-order valence-electron chi connectivity index (χ2n) is 6.23. The Balaban J connectivity index is 1.64. The Morgan fingerprint density at radius 2 is 1.87 bits per heavy atom. The fourth-order valence-corrected chi connectivity index (χ4v) is 2.69. The third-order valence-electron chi connectivity index (χ3n) is 4.01. The molecule has 1 N–H and O–H groups in total. The monoisotopic (exact) mass is 318 g/mol. The van der Waals surface area contributed by atoms with E-state index >= 15 is 0 Å². The van der Waals surface area contributed by atoms with E-state index in [9.17, 15) is 9.59 Å². The molecule has 126 valence electrons.